The predicted octanol–water partition coefficient (Wildman–Crippen LogP) is 3.93. The van der Waals surface area contributed by atoms with Crippen molar-refractivity contribution in [3.05, 3.63) is 64.7 Å². The highest BCUT2D eigenvalue weighted by molar-refractivity contribution is 5.33. The topological polar surface area (TPSA) is 24.9 Å². The highest BCUT2D eigenvalue weighted by atomic mass is 19.1. The minimum absolute atomic E-state index is 0.0796. The minimum atomic E-state index is -0.204. The Balaban J connectivity index is 2.38. The molecule has 0 spiro atoms. The quantitative estimate of drug-likeness (QED) is 0.892. The van der Waals surface area contributed by atoms with E-state index < -0.39 is 0 Å². The lowest BCUT2D eigenvalue weighted by atomic mass is 9.98. The van der Waals surface area contributed by atoms with Crippen molar-refractivity contribution in [2.75, 3.05) is 6.54 Å². The van der Waals surface area contributed by atoms with Gasteiger partial charge in [-0.15, -0.1) is 0 Å². The first-order valence-corrected chi connectivity index (χ1v) is 7.04. The Hall–Kier alpha value is -1.74. The normalized spacial score (nSPS) is 12.4. The van der Waals surface area contributed by atoms with Crippen molar-refractivity contribution in [3.8, 4) is 0 Å². The molecule has 1 N–H and O–H groups in total. The lowest BCUT2D eigenvalue weighted by Crippen LogP contribution is -2.23. The molecule has 0 aliphatic rings. The van der Waals surface area contributed by atoms with Gasteiger partial charge in [-0.2, -0.15) is 0 Å². The van der Waals surface area contributed by atoms with Gasteiger partial charge in [0.2, 0.25) is 0 Å². The molecule has 0 amide bonds. The zero-order valence-electron chi connectivity index (χ0n) is 12.3. The second kappa shape index (κ2) is 6.62. The molecular weight excluding hydrogens is 251 g/mol. The Kier molecular flexibility index (Phi) is 4.85. The average molecular weight is 272 g/mol. The second-order valence-corrected chi connectivity index (χ2v) is 5.12. The van der Waals surface area contributed by atoms with Gasteiger partial charge in [0.25, 0.3) is 0 Å². The van der Waals surface area contributed by atoms with Gasteiger partial charge in [-0.3, -0.25) is 4.98 Å². The third-order valence-electron chi connectivity index (χ3n) is 3.24. The van der Waals surface area contributed by atoms with Crippen LogP contribution in [0.4, 0.5) is 4.39 Å². The van der Waals surface area contributed by atoms with Crippen LogP contribution in [-0.4, -0.2) is 11.5 Å². The number of halogens is 1. The maximum Gasteiger partial charge on any atom is 0.123 e. The van der Waals surface area contributed by atoms with Crippen molar-refractivity contribution in [1.29, 1.82) is 0 Å². The van der Waals surface area contributed by atoms with Crippen LogP contribution in [0.2, 0.25) is 0 Å². The van der Waals surface area contributed by atoms with Crippen LogP contribution in [0.3, 0.4) is 0 Å². The van der Waals surface area contributed by atoms with Crippen molar-refractivity contribution in [2.45, 2.75) is 33.2 Å². The largest absolute Gasteiger partial charge is 0.306 e. The predicted molar refractivity (Wildman–Crippen MR) is 80.2 cm³/mol. The summed E-state index contributed by atoms with van der Waals surface area (Å²) in [5.41, 5.74) is 4.26. The molecule has 1 aromatic heterocycles. The molecule has 2 nitrogen and oxygen atoms in total. The summed E-state index contributed by atoms with van der Waals surface area (Å²) in [4.78, 5) is 4.42. The summed E-state index contributed by atoms with van der Waals surface area (Å²) >= 11 is 0. The van der Waals surface area contributed by atoms with Crippen LogP contribution < -0.4 is 5.32 Å². The van der Waals surface area contributed by atoms with Gasteiger partial charge in [0.05, 0.1) is 6.04 Å². The number of aryl methyl sites for hydroxylation is 2. The minimum Gasteiger partial charge on any atom is -0.306 e. The van der Waals surface area contributed by atoms with Gasteiger partial charge in [-0.1, -0.05) is 19.1 Å². The van der Waals surface area contributed by atoms with Crippen molar-refractivity contribution >= 4 is 0 Å². The Morgan fingerprint density at radius 1 is 1.05 bits per heavy atom. The molecule has 1 atom stereocenters. The standard InChI is InChI=1S/C17H21FN2/c1-4-9-19-17(14-5-7-16(18)8-6-14)15-10-12(2)20-13(3)11-15/h5-8,10-11,17,19H,4,9H2,1-3H3. The molecule has 0 saturated heterocycles. The molecule has 0 aliphatic heterocycles. The lowest BCUT2D eigenvalue weighted by molar-refractivity contribution is 0.592. The Morgan fingerprint density at radius 3 is 2.20 bits per heavy atom. The van der Waals surface area contributed by atoms with Gasteiger partial charge in [0.15, 0.2) is 0 Å². The van der Waals surface area contributed by atoms with Gasteiger partial charge in [0, 0.05) is 11.4 Å². The third-order valence-corrected chi connectivity index (χ3v) is 3.24. The molecule has 1 unspecified atom stereocenters. The van der Waals surface area contributed by atoms with Gasteiger partial charge in [0.1, 0.15) is 5.82 Å². The van der Waals surface area contributed by atoms with E-state index in [1.165, 1.54) is 17.7 Å². The van der Waals surface area contributed by atoms with Crippen LogP contribution >= 0.6 is 0 Å². The van der Waals surface area contributed by atoms with E-state index >= 15 is 0 Å². The van der Waals surface area contributed by atoms with E-state index in [4.69, 9.17) is 0 Å². The maximum absolute atomic E-state index is 13.1. The highest BCUT2D eigenvalue weighted by Crippen LogP contribution is 2.23. The van der Waals surface area contributed by atoms with Crippen LogP contribution in [-0.2, 0) is 0 Å². The number of nitrogens with one attached hydrogen (secondary N) is 1. The zero-order chi connectivity index (χ0) is 14.5. The van der Waals surface area contributed by atoms with Crippen LogP contribution in [0.25, 0.3) is 0 Å². The fourth-order valence-electron chi connectivity index (χ4n) is 2.41. The molecular formula is C17H21FN2. The SMILES string of the molecule is CCCNC(c1ccc(F)cc1)c1cc(C)nc(C)c1. The molecule has 1 heterocycles. The molecule has 0 radical (unpaired) electrons. The third kappa shape index (κ3) is 3.64. The fourth-order valence-corrected chi connectivity index (χ4v) is 2.41. The van der Waals surface area contributed by atoms with Crippen molar-refractivity contribution in [2.24, 2.45) is 0 Å². The molecule has 0 bridgehead atoms. The Labute approximate surface area is 120 Å². The molecule has 106 valence electrons. The number of pyridine rings is 1. The first kappa shape index (κ1) is 14.7. The summed E-state index contributed by atoms with van der Waals surface area (Å²) in [6.07, 6.45) is 1.06. The summed E-state index contributed by atoms with van der Waals surface area (Å²) < 4.78 is 13.1. The second-order valence-electron chi connectivity index (χ2n) is 5.12. The number of hydrogen-bond donors (Lipinski definition) is 1. The molecule has 3 heteroatoms. The van der Waals surface area contributed by atoms with Crippen LogP contribution in [0.1, 0.15) is 41.9 Å². The van der Waals surface area contributed by atoms with Crippen LogP contribution in [0.15, 0.2) is 36.4 Å². The van der Waals surface area contributed by atoms with Crippen LogP contribution in [0.5, 0.6) is 0 Å². The summed E-state index contributed by atoms with van der Waals surface area (Å²) in [7, 11) is 0. The number of nitrogens with zero attached hydrogens (tertiary/aromatic N) is 1. The van der Waals surface area contributed by atoms with Gasteiger partial charge >= 0.3 is 0 Å². The van der Waals surface area contributed by atoms with E-state index in [-0.39, 0.29) is 11.9 Å². The van der Waals surface area contributed by atoms with Crippen molar-refractivity contribution < 1.29 is 4.39 Å². The van der Waals surface area contributed by atoms with E-state index in [0.717, 1.165) is 29.9 Å². The fraction of sp³-hybridized carbons (Fsp3) is 0.353. The summed E-state index contributed by atoms with van der Waals surface area (Å²) in [5, 5.41) is 3.53. The molecule has 0 saturated carbocycles. The Bertz CT molecular complexity index is 543. The average Bonchev–Trinajstić information content (AvgIpc) is 2.40. The lowest BCUT2D eigenvalue weighted by Gasteiger charge is -2.20. The molecule has 1 aromatic carbocycles. The monoisotopic (exact) mass is 272 g/mol. The number of rotatable bonds is 5. The highest BCUT2D eigenvalue weighted by Gasteiger charge is 2.14. The smallest absolute Gasteiger partial charge is 0.123 e. The van der Waals surface area contributed by atoms with E-state index in [0.29, 0.717) is 0 Å². The van der Waals surface area contributed by atoms with E-state index in [2.05, 4.69) is 29.4 Å². The van der Waals surface area contributed by atoms with Gasteiger partial charge < -0.3 is 5.32 Å². The van der Waals surface area contributed by atoms with E-state index in [1.54, 1.807) is 0 Å². The molecule has 0 fully saturated rings. The summed E-state index contributed by atoms with van der Waals surface area (Å²) in [6, 6.07) is 11.0. The summed E-state index contributed by atoms with van der Waals surface area (Å²) in [5.74, 6) is -0.204. The number of aromatic nitrogens is 1. The van der Waals surface area contributed by atoms with Crippen molar-refractivity contribution in [3.63, 3.8) is 0 Å². The summed E-state index contributed by atoms with van der Waals surface area (Å²) in [6.45, 7) is 7.05. The molecule has 2 rings (SSSR count). The van der Waals surface area contributed by atoms with Gasteiger partial charge in [-0.25, -0.2) is 4.39 Å². The first-order chi connectivity index (χ1) is 9.60. The maximum atomic E-state index is 13.1. The zero-order valence-corrected chi connectivity index (χ0v) is 12.3. The molecule has 20 heavy (non-hydrogen) atoms. The van der Waals surface area contributed by atoms with Crippen molar-refractivity contribution in [1.82, 2.24) is 10.3 Å². The van der Waals surface area contributed by atoms with E-state index in [1.807, 2.05) is 26.0 Å². The van der Waals surface area contributed by atoms with Gasteiger partial charge in [-0.05, 0) is 62.2 Å². The first-order valence-electron chi connectivity index (χ1n) is 7.04. The molecule has 0 aliphatic carbocycles. The molecule has 2 aromatic rings. The number of benzene rings is 1. The van der Waals surface area contributed by atoms with E-state index in [9.17, 15) is 4.39 Å². The number of hydrogen-bond acceptors (Lipinski definition) is 2. The van der Waals surface area contributed by atoms with Crippen LogP contribution in [0, 0.1) is 19.7 Å². The Morgan fingerprint density at radius 2 is 1.65 bits per heavy atom.